The summed E-state index contributed by atoms with van der Waals surface area (Å²) in [6.07, 6.45) is 1.45. The number of alkyl halides is 1. The Morgan fingerprint density at radius 2 is 2.11 bits per heavy atom. The van der Waals surface area contributed by atoms with Crippen LogP contribution in [0.5, 0.6) is 5.75 Å². The van der Waals surface area contributed by atoms with E-state index in [9.17, 15) is 0 Å². The zero-order valence-corrected chi connectivity index (χ0v) is 17.5. The molecule has 0 amide bonds. The van der Waals surface area contributed by atoms with E-state index < -0.39 is 0 Å². The lowest BCUT2D eigenvalue weighted by Gasteiger charge is -2.05. The van der Waals surface area contributed by atoms with Gasteiger partial charge in [-0.1, -0.05) is 6.07 Å². The fourth-order valence-electron chi connectivity index (χ4n) is 3.52. The largest absolute Gasteiger partial charge is 0.495 e. The molecule has 0 bridgehead atoms. The van der Waals surface area contributed by atoms with Gasteiger partial charge in [0.25, 0.3) is 0 Å². The van der Waals surface area contributed by atoms with Crippen molar-refractivity contribution in [1.82, 2.24) is 14.6 Å². The molecule has 0 fully saturated rings. The molecule has 4 aromatic rings. The van der Waals surface area contributed by atoms with Gasteiger partial charge < -0.3 is 15.2 Å². The van der Waals surface area contributed by atoms with Gasteiger partial charge >= 0.3 is 0 Å². The van der Waals surface area contributed by atoms with E-state index in [4.69, 9.17) is 26.8 Å². The van der Waals surface area contributed by atoms with E-state index in [1.165, 1.54) is 6.33 Å². The van der Waals surface area contributed by atoms with Gasteiger partial charge in [-0.15, -0.1) is 22.9 Å². The van der Waals surface area contributed by atoms with Crippen LogP contribution >= 0.6 is 22.9 Å². The first kappa shape index (κ1) is 19.0. The number of hydrogen-bond donors (Lipinski definition) is 1. The predicted octanol–water partition coefficient (Wildman–Crippen LogP) is 4.79. The van der Waals surface area contributed by atoms with Crippen molar-refractivity contribution in [1.29, 1.82) is 0 Å². The van der Waals surface area contributed by atoms with Crippen molar-refractivity contribution in [2.45, 2.75) is 26.3 Å². The summed E-state index contributed by atoms with van der Waals surface area (Å²) in [6.45, 7) is 5.07. The maximum Gasteiger partial charge on any atom is 0.152 e. The number of fused-ring (bicyclic) bond motifs is 2. The van der Waals surface area contributed by atoms with Crippen molar-refractivity contribution in [2.24, 2.45) is 0 Å². The Balaban J connectivity index is 2.06. The summed E-state index contributed by atoms with van der Waals surface area (Å²) < 4.78 is 14.2. The number of nitrogen functional groups attached to an aromatic ring is 1. The molecule has 0 spiro atoms. The summed E-state index contributed by atoms with van der Waals surface area (Å²) in [4.78, 5) is 5.27. The van der Waals surface area contributed by atoms with Gasteiger partial charge in [0.1, 0.15) is 17.6 Å². The molecule has 146 valence electrons. The number of anilines is 1. The van der Waals surface area contributed by atoms with Gasteiger partial charge in [-0.05, 0) is 36.9 Å². The molecule has 0 saturated heterocycles. The average molecular weight is 417 g/mol. The summed E-state index contributed by atoms with van der Waals surface area (Å²) in [5.41, 5.74) is 11.0. The predicted molar refractivity (Wildman–Crippen MR) is 114 cm³/mol. The molecule has 0 aliphatic carbocycles. The van der Waals surface area contributed by atoms with Crippen LogP contribution < -0.4 is 10.5 Å². The quantitative estimate of drug-likeness (QED) is 0.457. The maximum absolute atomic E-state index is 6.30. The minimum Gasteiger partial charge on any atom is -0.495 e. The molecule has 8 heteroatoms. The number of benzene rings is 1. The average Bonchev–Trinajstić information content (AvgIpc) is 3.24. The Bertz CT molecular complexity index is 1170. The first-order chi connectivity index (χ1) is 13.6. The molecule has 0 saturated carbocycles. The highest BCUT2D eigenvalue weighted by Crippen LogP contribution is 2.44. The van der Waals surface area contributed by atoms with Crippen molar-refractivity contribution in [3.8, 4) is 16.2 Å². The summed E-state index contributed by atoms with van der Waals surface area (Å²) in [5.74, 6) is 1.58. The molecule has 0 aliphatic heterocycles. The van der Waals surface area contributed by atoms with Crippen LogP contribution in [0.25, 0.3) is 26.0 Å². The van der Waals surface area contributed by atoms with Gasteiger partial charge in [0, 0.05) is 22.6 Å². The number of methoxy groups -OCH3 is 1. The molecule has 0 unspecified atom stereocenters. The molecule has 3 aromatic heterocycles. The standard InChI is InChI=1S/C20H21ClN4O2S/c1-4-27-9-13-14(8-21)25-18(20(22)23-10-24-25)17(13)16-7-12-5-11(2)6-15(26-3)19(12)28-16/h5-7,10H,4,8-9H2,1-3H3,(H2,22,23,24). The summed E-state index contributed by atoms with van der Waals surface area (Å²) >= 11 is 7.95. The number of aryl methyl sites for hydroxylation is 1. The normalized spacial score (nSPS) is 11.6. The zero-order chi connectivity index (χ0) is 19.8. The summed E-state index contributed by atoms with van der Waals surface area (Å²) in [7, 11) is 1.69. The zero-order valence-electron chi connectivity index (χ0n) is 16.0. The third-order valence-electron chi connectivity index (χ3n) is 4.73. The van der Waals surface area contributed by atoms with Crippen LogP contribution in [0.4, 0.5) is 5.82 Å². The topological polar surface area (TPSA) is 74.7 Å². The molecule has 6 nitrogen and oxygen atoms in total. The van der Waals surface area contributed by atoms with Gasteiger partial charge in [-0.3, -0.25) is 0 Å². The number of thiophene rings is 1. The lowest BCUT2D eigenvalue weighted by Crippen LogP contribution is -2.02. The van der Waals surface area contributed by atoms with Crippen molar-refractivity contribution >= 4 is 44.4 Å². The summed E-state index contributed by atoms with van der Waals surface area (Å²) in [6, 6.07) is 6.36. The molecule has 0 aliphatic rings. The number of rotatable bonds is 6. The molecular weight excluding hydrogens is 396 g/mol. The molecule has 2 N–H and O–H groups in total. The fraction of sp³-hybridized carbons (Fsp3) is 0.300. The maximum atomic E-state index is 6.30. The van der Waals surface area contributed by atoms with E-state index in [0.29, 0.717) is 24.9 Å². The second kappa shape index (κ2) is 7.58. The molecule has 0 atom stereocenters. The van der Waals surface area contributed by atoms with Gasteiger partial charge in [0.05, 0.1) is 30.0 Å². The third-order valence-corrected chi connectivity index (χ3v) is 6.17. The van der Waals surface area contributed by atoms with Crippen LogP contribution in [0.15, 0.2) is 24.5 Å². The van der Waals surface area contributed by atoms with E-state index in [-0.39, 0.29) is 0 Å². The molecule has 1 aromatic carbocycles. The Morgan fingerprint density at radius 1 is 1.29 bits per heavy atom. The Kier molecular flexibility index (Phi) is 5.14. The number of nitrogens with zero attached hydrogens (tertiary/aromatic N) is 3. The fourth-order valence-corrected chi connectivity index (χ4v) is 5.00. The van der Waals surface area contributed by atoms with Gasteiger partial charge in [-0.2, -0.15) is 5.10 Å². The highest BCUT2D eigenvalue weighted by Gasteiger charge is 2.24. The first-order valence-corrected chi connectivity index (χ1v) is 10.3. The molecule has 0 radical (unpaired) electrons. The number of halogens is 1. The number of aromatic nitrogens is 3. The van der Waals surface area contributed by atoms with E-state index in [1.807, 2.05) is 13.0 Å². The molecule has 28 heavy (non-hydrogen) atoms. The minimum absolute atomic E-state index is 0.299. The van der Waals surface area contributed by atoms with Gasteiger partial charge in [0.15, 0.2) is 5.82 Å². The van der Waals surface area contributed by atoms with Crippen LogP contribution in [-0.2, 0) is 17.2 Å². The monoisotopic (exact) mass is 416 g/mol. The number of nitrogens with two attached hydrogens (primary N) is 1. The van der Waals surface area contributed by atoms with Gasteiger partial charge in [0.2, 0.25) is 0 Å². The highest BCUT2D eigenvalue weighted by atomic mass is 35.5. The van der Waals surface area contributed by atoms with Crippen molar-refractivity contribution in [3.05, 3.63) is 41.3 Å². The molecule has 3 heterocycles. The van der Waals surface area contributed by atoms with E-state index in [0.717, 1.165) is 48.6 Å². The second-order valence-corrected chi connectivity index (χ2v) is 7.79. The van der Waals surface area contributed by atoms with Crippen molar-refractivity contribution in [3.63, 3.8) is 0 Å². The molecular formula is C20H21ClN4O2S. The molecule has 4 rings (SSSR count). The first-order valence-electron chi connectivity index (χ1n) is 8.94. The number of hydrogen-bond acceptors (Lipinski definition) is 6. The summed E-state index contributed by atoms with van der Waals surface area (Å²) in [5, 5.41) is 5.52. The SMILES string of the molecule is CCOCc1c(-c2cc3cc(C)cc(OC)c3s2)c2c(N)ncnn2c1CCl. The van der Waals surface area contributed by atoms with Crippen LogP contribution in [0.2, 0.25) is 0 Å². The highest BCUT2D eigenvalue weighted by molar-refractivity contribution is 7.22. The van der Waals surface area contributed by atoms with Crippen molar-refractivity contribution in [2.75, 3.05) is 19.5 Å². The van der Waals surface area contributed by atoms with Crippen LogP contribution in [-0.4, -0.2) is 28.3 Å². The smallest absolute Gasteiger partial charge is 0.152 e. The van der Waals surface area contributed by atoms with E-state index in [2.05, 4.69) is 29.1 Å². The Morgan fingerprint density at radius 3 is 2.82 bits per heavy atom. The van der Waals surface area contributed by atoms with Crippen LogP contribution in [0.1, 0.15) is 23.7 Å². The second-order valence-electron chi connectivity index (χ2n) is 6.47. The Hall–Kier alpha value is -2.35. The minimum atomic E-state index is 0.299. The third kappa shape index (κ3) is 2.99. The van der Waals surface area contributed by atoms with E-state index >= 15 is 0 Å². The lowest BCUT2D eigenvalue weighted by molar-refractivity contribution is 0.134. The van der Waals surface area contributed by atoms with Crippen LogP contribution in [0, 0.1) is 6.92 Å². The lowest BCUT2D eigenvalue weighted by atomic mass is 10.1. The van der Waals surface area contributed by atoms with Crippen molar-refractivity contribution < 1.29 is 9.47 Å². The Labute approximate surface area is 171 Å². The number of ether oxygens (including phenoxy) is 2. The van der Waals surface area contributed by atoms with E-state index in [1.54, 1.807) is 23.0 Å². The van der Waals surface area contributed by atoms with Crippen LogP contribution in [0.3, 0.4) is 0 Å². The van der Waals surface area contributed by atoms with Gasteiger partial charge in [-0.25, -0.2) is 9.50 Å².